The van der Waals surface area contributed by atoms with Crippen LogP contribution in [0.2, 0.25) is 5.02 Å². The molecule has 0 radical (unpaired) electrons. The van der Waals surface area contributed by atoms with E-state index in [-0.39, 0.29) is 17.6 Å². The van der Waals surface area contributed by atoms with Crippen LogP contribution in [0.4, 0.5) is 5.69 Å². The lowest BCUT2D eigenvalue weighted by Crippen LogP contribution is -2.30. The van der Waals surface area contributed by atoms with Gasteiger partial charge in [0.15, 0.2) is 5.11 Å². The second kappa shape index (κ2) is 9.40. The van der Waals surface area contributed by atoms with Gasteiger partial charge in [-0.25, -0.2) is 4.79 Å². The van der Waals surface area contributed by atoms with E-state index in [9.17, 15) is 9.90 Å². The Hall–Kier alpha value is -3.88. The molecule has 0 unspecified atom stereocenters. The van der Waals surface area contributed by atoms with Crippen LogP contribution in [0.5, 0.6) is 5.75 Å². The molecule has 35 heavy (non-hydrogen) atoms. The van der Waals surface area contributed by atoms with E-state index in [1.165, 1.54) is 0 Å². The summed E-state index contributed by atoms with van der Waals surface area (Å²) >= 11 is 12.3. The van der Waals surface area contributed by atoms with E-state index in [1.807, 2.05) is 64.2 Å². The van der Waals surface area contributed by atoms with E-state index in [0.717, 1.165) is 22.8 Å². The largest absolute Gasteiger partial charge is 0.495 e. The molecule has 4 aromatic rings. The van der Waals surface area contributed by atoms with Crippen LogP contribution < -0.4 is 15.0 Å². The van der Waals surface area contributed by atoms with Crippen LogP contribution in [0.25, 0.3) is 5.69 Å². The lowest BCUT2D eigenvalue weighted by Gasteiger charge is -2.29. The highest BCUT2D eigenvalue weighted by molar-refractivity contribution is 7.80. The number of anilines is 1. The van der Waals surface area contributed by atoms with Gasteiger partial charge in [0.1, 0.15) is 11.8 Å². The summed E-state index contributed by atoms with van der Waals surface area (Å²) in [5.74, 6) is -0.388. The van der Waals surface area contributed by atoms with Crippen molar-refractivity contribution in [3.05, 3.63) is 107 Å². The van der Waals surface area contributed by atoms with Gasteiger partial charge < -0.3 is 24.6 Å². The predicted molar refractivity (Wildman–Crippen MR) is 139 cm³/mol. The van der Waals surface area contributed by atoms with Crippen molar-refractivity contribution in [1.82, 2.24) is 14.9 Å². The first-order valence-corrected chi connectivity index (χ1v) is 11.6. The number of carboxylic acids is 1. The van der Waals surface area contributed by atoms with Gasteiger partial charge in [-0.2, -0.15) is 0 Å². The van der Waals surface area contributed by atoms with Crippen molar-refractivity contribution in [2.24, 2.45) is 0 Å². The number of nitrogens with zero attached hydrogens (tertiary/aromatic N) is 3. The van der Waals surface area contributed by atoms with E-state index in [0.29, 0.717) is 15.9 Å². The Morgan fingerprint density at radius 3 is 2.51 bits per heavy atom. The topological polar surface area (TPSA) is 79.6 Å². The molecule has 1 aliphatic heterocycles. The van der Waals surface area contributed by atoms with E-state index in [1.54, 1.807) is 37.6 Å². The number of pyridine rings is 1. The zero-order valence-corrected chi connectivity index (χ0v) is 20.2. The van der Waals surface area contributed by atoms with E-state index in [4.69, 9.17) is 28.6 Å². The van der Waals surface area contributed by atoms with Gasteiger partial charge in [0.25, 0.3) is 0 Å². The number of benzene rings is 2. The molecule has 0 aliphatic carbocycles. The van der Waals surface area contributed by atoms with Gasteiger partial charge in [0.05, 0.1) is 29.4 Å². The summed E-state index contributed by atoms with van der Waals surface area (Å²) < 4.78 is 7.36. The monoisotopic (exact) mass is 504 g/mol. The molecule has 5 rings (SSSR count). The normalized spacial score (nSPS) is 17.3. The van der Waals surface area contributed by atoms with Crippen LogP contribution in [0.1, 0.15) is 33.8 Å². The summed E-state index contributed by atoms with van der Waals surface area (Å²) in [5.41, 5.74) is 3.66. The predicted octanol–water partition coefficient (Wildman–Crippen LogP) is 5.41. The second-order valence-corrected chi connectivity index (χ2v) is 8.76. The number of carboxylic acid groups (broad SMARTS) is 1. The number of hydrogen-bond acceptors (Lipinski definition) is 4. The van der Waals surface area contributed by atoms with Crippen molar-refractivity contribution in [2.45, 2.75) is 12.1 Å². The molecule has 176 valence electrons. The highest BCUT2D eigenvalue weighted by atomic mass is 35.5. The maximum atomic E-state index is 11.3. The standard InChI is InChI=1S/C26H21ClN4O3S/c1-34-22-12-11-18(15-19(22)27)31-24(23(29-26(31)35)20-5-2-3-13-28-20)21-6-4-14-30(21)17-9-7-16(8-10-17)25(32)33/h2-15,23-24H,1H3,(H,29,35)(H,32,33)/t23-,24-/m0/s1. The van der Waals surface area contributed by atoms with Crippen LogP contribution >= 0.6 is 23.8 Å². The molecule has 0 amide bonds. The van der Waals surface area contributed by atoms with Crippen molar-refractivity contribution in [3.8, 4) is 11.4 Å². The number of hydrogen-bond donors (Lipinski definition) is 2. The first-order chi connectivity index (χ1) is 17.0. The number of carbonyl (C=O) groups is 1. The number of nitrogens with one attached hydrogen (secondary N) is 1. The maximum Gasteiger partial charge on any atom is 0.335 e. The number of aromatic carboxylic acids is 1. The lowest BCUT2D eigenvalue weighted by molar-refractivity contribution is 0.0697. The highest BCUT2D eigenvalue weighted by Crippen LogP contribution is 2.43. The maximum absolute atomic E-state index is 11.3. The summed E-state index contributed by atoms with van der Waals surface area (Å²) in [6.45, 7) is 0. The third-order valence-corrected chi connectivity index (χ3v) is 6.60. The molecule has 1 saturated heterocycles. The molecule has 2 atom stereocenters. The highest BCUT2D eigenvalue weighted by Gasteiger charge is 2.42. The minimum absolute atomic E-state index is 0.229. The van der Waals surface area contributed by atoms with Crippen molar-refractivity contribution in [1.29, 1.82) is 0 Å². The zero-order chi connectivity index (χ0) is 24.5. The Morgan fingerprint density at radius 2 is 1.86 bits per heavy atom. The summed E-state index contributed by atoms with van der Waals surface area (Å²) in [4.78, 5) is 17.9. The molecule has 0 bridgehead atoms. The van der Waals surface area contributed by atoms with Crippen LogP contribution in [-0.2, 0) is 0 Å². The number of thiocarbonyl (C=S) groups is 1. The molecule has 2 aromatic heterocycles. The van der Waals surface area contributed by atoms with Gasteiger partial charge in [-0.05, 0) is 78.9 Å². The van der Waals surface area contributed by atoms with Gasteiger partial charge in [-0.15, -0.1) is 0 Å². The molecule has 9 heteroatoms. The SMILES string of the molecule is COc1ccc(N2C(=S)N[C@@H](c3ccccn3)[C@@H]2c2cccn2-c2ccc(C(=O)O)cc2)cc1Cl. The number of rotatable bonds is 6. The van der Waals surface area contributed by atoms with Gasteiger partial charge >= 0.3 is 5.97 Å². The molecular formula is C26H21ClN4O3S. The lowest BCUT2D eigenvalue weighted by atomic mass is 10.0. The first-order valence-electron chi connectivity index (χ1n) is 10.8. The number of methoxy groups -OCH3 is 1. The number of halogens is 1. The molecule has 0 spiro atoms. The Labute approximate surface area is 212 Å². The summed E-state index contributed by atoms with van der Waals surface area (Å²) in [5, 5.41) is 13.7. The fourth-order valence-corrected chi connectivity index (χ4v) is 4.97. The average Bonchev–Trinajstić information content (AvgIpc) is 3.49. The zero-order valence-electron chi connectivity index (χ0n) is 18.6. The third-order valence-electron chi connectivity index (χ3n) is 5.99. The van der Waals surface area contributed by atoms with Crippen LogP contribution in [-0.4, -0.2) is 32.8 Å². The smallest absolute Gasteiger partial charge is 0.335 e. The fourth-order valence-electron chi connectivity index (χ4n) is 4.37. The summed E-state index contributed by atoms with van der Waals surface area (Å²) in [7, 11) is 1.57. The second-order valence-electron chi connectivity index (χ2n) is 7.97. The van der Waals surface area contributed by atoms with Gasteiger partial charge in [0.2, 0.25) is 0 Å². The van der Waals surface area contributed by atoms with Crippen LogP contribution in [0, 0.1) is 0 Å². The van der Waals surface area contributed by atoms with Crippen molar-refractivity contribution in [2.75, 3.05) is 12.0 Å². The Kier molecular flexibility index (Phi) is 6.15. The van der Waals surface area contributed by atoms with Crippen molar-refractivity contribution >= 4 is 40.6 Å². The minimum Gasteiger partial charge on any atom is -0.495 e. The first kappa shape index (κ1) is 22.9. The Bertz CT molecular complexity index is 1390. The van der Waals surface area contributed by atoms with Gasteiger partial charge in [-0.1, -0.05) is 17.7 Å². The number of aromatic nitrogens is 2. The molecular weight excluding hydrogens is 484 g/mol. The van der Waals surface area contributed by atoms with Gasteiger partial charge in [0, 0.05) is 29.5 Å². The summed E-state index contributed by atoms with van der Waals surface area (Å²) in [6.07, 6.45) is 3.70. The Balaban J connectivity index is 1.64. The van der Waals surface area contributed by atoms with Crippen LogP contribution in [0.15, 0.2) is 85.2 Å². The quantitative estimate of drug-likeness (QED) is 0.340. The molecule has 1 fully saturated rings. The molecule has 7 nitrogen and oxygen atoms in total. The van der Waals surface area contributed by atoms with E-state index < -0.39 is 5.97 Å². The average molecular weight is 505 g/mol. The minimum atomic E-state index is -0.965. The molecule has 2 N–H and O–H groups in total. The third kappa shape index (κ3) is 4.22. The Morgan fingerprint density at radius 1 is 1.09 bits per heavy atom. The summed E-state index contributed by atoms with van der Waals surface area (Å²) in [6, 6.07) is 21.6. The molecule has 2 aromatic carbocycles. The molecule has 3 heterocycles. The van der Waals surface area contributed by atoms with Gasteiger partial charge in [-0.3, -0.25) is 4.98 Å². The van der Waals surface area contributed by atoms with E-state index >= 15 is 0 Å². The van der Waals surface area contributed by atoms with Crippen molar-refractivity contribution in [3.63, 3.8) is 0 Å². The fraction of sp³-hybridized carbons (Fsp3) is 0.115. The molecule has 0 saturated carbocycles. The molecule has 1 aliphatic rings. The van der Waals surface area contributed by atoms with Crippen molar-refractivity contribution < 1.29 is 14.6 Å². The van der Waals surface area contributed by atoms with Crippen LogP contribution in [0.3, 0.4) is 0 Å². The van der Waals surface area contributed by atoms with E-state index in [2.05, 4.69) is 10.3 Å². The number of ether oxygens (including phenoxy) is 1.